The minimum Gasteiger partial charge on any atom is -0.449 e. The van der Waals surface area contributed by atoms with E-state index in [9.17, 15) is 34.5 Å². The highest BCUT2D eigenvalue weighted by atomic mass is 16.8. The van der Waals surface area contributed by atoms with E-state index in [2.05, 4.69) is 16.0 Å². The third-order valence-electron chi connectivity index (χ3n) is 14.5. The first-order chi connectivity index (χ1) is 39.4. The molecule has 436 valence electrons. The lowest BCUT2D eigenvalue weighted by molar-refractivity contribution is -0.289. The summed E-state index contributed by atoms with van der Waals surface area (Å²) in [4.78, 5) is 54.2. The van der Waals surface area contributed by atoms with Crippen LogP contribution in [0.4, 0.5) is 9.59 Å². The fourth-order valence-electron chi connectivity index (χ4n) is 10.0. The topological polar surface area (TPSA) is 257 Å². The first-order valence-corrected chi connectivity index (χ1v) is 27.8. The number of carbonyl (C=O) groups excluding carboxylic acids is 4. The van der Waals surface area contributed by atoms with Crippen LogP contribution in [0.1, 0.15) is 73.5 Å². The molecule has 20 heteroatoms. The summed E-state index contributed by atoms with van der Waals surface area (Å²) >= 11 is 0. The van der Waals surface area contributed by atoms with E-state index in [-0.39, 0.29) is 63.4 Å². The van der Waals surface area contributed by atoms with Crippen LogP contribution in [0.25, 0.3) is 0 Å². The van der Waals surface area contributed by atoms with Crippen LogP contribution in [0.2, 0.25) is 0 Å². The van der Waals surface area contributed by atoms with Crippen molar-refractivity contribution in [3.8, 4) is 0 Å². The summed E-state index contributed by atoms with van der Waals surface area (Å²) in [5, 5.41) is 43.6. The molecule has 2 fully saturated rings. The molecular weight excluding hydrogens is 1050 g/mol. The molecule has 4 aromatic rings. The average molecular weight is 1120 g/mol. The van der Waals surface area contributed by atoms with Gasteiger partial charge in [0.15, 0.2) is 25.0 Å². The van der Waals surface area contributed by atoms with Crippen LogP contribution >= 0.6 is 0 Å². The van der Waals surface area contributed by atoms with Gasteiger partial charge in [0.1, 0.15) is 55.9 Å². The molecule has 16 atom stereocenters. The largest absolute Gasteiger partial charge is 0.449 e. The molecule has 3 aliphatic heterocycles. The first kappa shape index (κ1) is 60.5. The van der Waals surface area contributed by atoms with Crippen molar-refractivity contribution in [2.45, 2.75) is 152 Å². The number of nitrogens with one attached hydrogen (secondary N) is 3. The molecule has 4 aliphatic rings. The Kier molecular flexibility index (Phi) is 22.8. The van der Waals surface area contributed by atoms with Gasteiger partial charge >= 0.3 is 18.2 Å². The summed E-state index contributed by atoms with van der Waals surface area (Å²) in [5.41, 5.74) is 2.65. The number of carbonyl (C=O) groups is 4. The maximum Gasteiger partial charge on any atom is 0.408 e. The van der Waals surface area contributed by atoms with Gasteiger partial charge in [-0.1, -0.05) is 154 Å². The highest BCUT2D eigenvalue weighted by Crippen LogP contribution is 2.37. The van der Waals surface area contributed by atoms with Crippen molar-refractivity contribution in [1.82, 2.24) is 16.0 Å². The molecule has 8 rings (SSSR count). The van der Waals surface area contributed by atoms with Crippen molar-refractivity contribution in [1.29, 1.82) is 0 Å². The molecule has 1 saturated carbocycles. The maximum atomic E-state index is 14.5. The number of aliphatic hydroxyl groups excluding tert-OH is 3. The van der Waals surface area contributed by atoms with Crippen LogP contribution in [0.5, 0.6) is 0 Å². The normalized spacial score (nSPS) is 29.2. The second kappa shape index (κ2) is 30.5. The highest BCUT2D eigenvalue weighted by Gasteiger charge is 2.53. The molecule has 0 aromatic heterocycles. The maximum absolute atomic E-state index is 14.5. The molecular formula is C61H75N3O17. The van der Waals surface area contributed by atoms with E-state index < -0.39 is 116 Å². The van der Waals surface area contributed by atoms with E-state index in [1.54, 1.807) is 49.4 Å². The molecule has 3 heterocycles. The Hall–Kier alpha value is -6.56. The number of ether oxygens (including phenoxy) is 10. The molecule has 0 spiro atoms. The molecule has 1 aliphatic carbocycles. The van der Waals surface area contributed by atoms with E-state index in [1.807, 2.05) is 105 Å². The molecule has 6 N–H and O–H groups in total. The van der Waals surface area contributed by atoms with Crippen LogP contribution in [0.3, 0.4) is 0 Å². The van der Waals surface area contributed by atoms with Gasteiger partial charge in [0.25, 0.3) is 5.91 Å². The van der Waals surface area contributed by atoms with E-state index in [4.69, 9.17) is 47.4 Å². The fourth-order valence-corrected chi connectivity index (χ4v) is 10.0. The zero-order valence-corrected chi connectivity index (χ0v) is 45.7. The molecule has 0 bridgehead atoms. The van der Waals surface area contributed by atoms with Crippen molar-refractivity contribution >= 4 is 24.1 Å². The molecule has 16 unspecified atom stereocenters. The summed E-state index contributed by atoms with van der Waals surface area (Å²) < 4.78 is 61.7. The second-order valence-electron chi connectivity index (χ2n) is 20.4. The van der Waals surface area contributed by atoms with Crippen molar-refractivity contribution in [2.75, 3.05) is 19.8 Å². The number of amides is 3. The Morgan fingerprint density at radius 1 is 0.617 bits per heavy atom. The van der Waals surface area contributed by atoms with E-state index in [1.165, 1.54) is 12.1 Å². The fraction of sp³-hybridized carbons (Fsp3) is 0.475. The first-order valence-electron chi connectivity index (χ1n) is 27.8. The average Bonchev–Trinajstić information content (AvgIpc) is 4.10. The summed E-state index contributed by atoms with van der Waals surface area (Å²) in [7, 11) is 0. The van der Waals surface area contributed by atoms with Crippen molar-refractivity contribution in [3.05, 3.63) is 168 Å². The molecule has 0 radical (unpaired) electrons. The highest BCUT2D eigenvalue weighted by molar-refractivity contribution is 5.92. The van der Waals surface area contributed by atoms with Crippen LogP contribution in [-0.4, -0.2) is 145 Å². The van der Waals surface area contributed by atoms with Gasteiger partial charge in [-0.25, -0.2) is 14.4 Å². The van der Waals surface area contributed by atoms with Gasteiger partial charge in [0, 0.05) is 18.9 Å². The van der Waals surface area contributed by atoms with Crippen LogP contribution in [-0.2, 0) is 72.0 Å². The lowest BCUT2D eigenvalue weighted by Gasteiger charge is -2.46. The van der Waals surface area contributed by atoms with E-state index >= 15 is 0 Å². The molecule has 4 aromatic carbocycles. The SMILES string of the molecule is CCC1C=CC(CC)C(OC2C(CO)OC(OC3C(O)C(NC(=O)C(CCNC(=O)OCc4ccccc4)OC(=O)c4ccccc4)CC(C)C3OC3OC(COCc4ccccc4)C=CC3NC(=O)OCc3ccccc3)C2O)O1. The zero-order valence-electron chi connectivity index (χ0n) is 45.7. The summed E-state index contributed by atoms with van der Waals surface area (Å²) in [5.74, 6) is -2.38. The van der Waals surface area contributed by atoms with Gasteiger partial charge in [0.05, 0.1) is 43.6 Å². The molecule has 81 heavy (non-hydrogen) atoms. The second-order valence-corrected chi connectivity index (χ2v) is 20.4. The predicted octanol–water partition coefficient (Wildman–Crippen LogP) is 6.16. The minimum atomic E-state index is -1.64. The quantitative estimate of drug-likeness (QED) is 0.0247. The van der Waals surface area contributed by atoms with Crippen molar-refractivity contribution < 1.29 is 81.9 Å². The number of aliphatic hydroxyl groups is 3. The third kappa shape index (κ3) is 17.2. The number of benzene rings is 4. The number of alkyl carbamates (subject to hydrolysis) is 2. The zero-order chi connectivity index (χ0) is 57.1. The number of hydrogen-bond acceptors (Lipinski definition) is 17. The summed E-state index contributed by atoms with van der Waals surface area (Å²) in [6.07, 6.45) is -6.91. The predicted molar refractivity (Wildman–Crippen MR) is 292 cm³/mol. The number of esters is 1. The van der Waals surface area contributed by atoms with Crippen molar-refractivity contribution in [2.24, 2.45) is 11.8 Å². The summed E-state index contributed by atoms with van der Waals surface area (Å²) in [6, 6.07) is 33.8. The van der Waals surface area contributed by atoms with Gasteiger partial charge in [0.2, 0.25) is 0 Å². The Balaban J connectivity index is 1.03. The Morgan fingerprint density at radius 2 is 1.20 bits per heavy atom. The molecule has 1 saturated heterocycles. The van der Waals surface area contributed by atoms with Gasteiger partial charge < -0.3 is 78.6 Å². The van der Waals surface area contributed by atoms with Gasteiger partial charge in [-0.15, -0.1) is 0 Å². The monoisotopic (exact) mass is 1120 g/mol. The lowest BCUT2D eigenvalue weighted by atomic mass is 9.80. The van der Waals surface area contributed by atoms with Gasteiger partial charge in [-0.3, -0.25) is 4.79 Å². The van der Waals surface area contributed by atoms with Gasteiger partial charge in [-0.05, 0) is 54.0 Å². The Morgan fingerprint density at radius 3 is 1.83 bits per heavy atom. The van der Waals surface area contributed by atoms with Crippen molar-refractivity contribution in [3.63, 3.8) is 0 Å². The molecule has 3 amide bonds. The standard InChI is InChI=1S/C61H75N3O17/c1-4-42-26-27-44(5-2)75-57(42)80-53-49(33-65)78-59(51(53)67)81-54-50(66)47(63-55(68)48(77-56(69)43-24-16-9-17-25-43)30-31-62-60(70)73-35-40-20-12-7-13-21-40)32-38(3)52(54)79-58-46(64-61(71)74-36-41-22-14-8-15-23-41)29-28-45(76-58)37-72-34-39-18-10-6-11-19-39/h6-29,38,42,44-54,57-59,65-67H,4-5,30-37H2,1-3H3,(H,62,70)(H,63,68)(H,64,71). The van der Waals surface area contributed by atoms with E-state index in [0.717, 1.165) is 16.7 Å². The summed E-state index contributed by atoms with van der Waals surface area (Å²) in [6.45, 7) is 5.40. The van der Waals surface area contributed by atoms with Crippen LogP contribution in [0, 0.1) is 11.8 Å². The lowest BCUT2D eigenvalue weighted by Crippen LogP contribution is -2.63. The molecule has 20 nitrogen and oxygen atoms in total. The number of hydrogen-bond donors (Lipinski definition) is 6. The van der Waals surface area contributed by atoms with E-state index in [0.29, 0.717) is 12.8 Å². The Bertz CT molecular complexity index is 2640. The van der Waals surface area contributed by atoms with Crippen LogP contribution in [0.15, 0.2) is 146 Å². The van der Waals surface area contributed by atoms with Crippen LogP contribution < -0.4 is 16.0 Å². The minimum absolute atomic E-state index is 0.000434. The smallest absolute Gasteiger partial charge is 0.408 e. The Labute approximate surface area is 472 Å². The third-order valence-corrected chi connectivity index (χ3v) is 14.5. The van der Waals surface area contributed by atoms with Gasteiger partial charge in [-0.2, -0.15) is 0 Å². The number of rotatable bonds is 25.